The van der Waals surface area contributed by atoms with Crippen LogP contribution in [-0.2, 0) is 0 Å². The van der Waals surface area contributed by atoms with Crippen molar-refractivity contribution in [1.82, 2.24) is 5.32 Å². The third kappa shape index (κ3) is 2.85. The Bertz CT molecular complexity index is 915. The van der Waals surface area contributed by atoms with Crippen molar-refractivity contribution < 1.29 is 4.79 Å². The van der Waals surface area contributed by atoms with Crippen LogP contribution in [0.1, 0.15) is 10.4 Å². The molecule has 4 rings (SSSR count). The number of piperazine rings is 1. The number of amides is 1. The summed E-state index contributed by atoms with van der Waals surface area (Å²) in [6.45, 7) is 3.52. The Morgan fingerprint density at radius 3 is 2.36 bits per heavy atom. The van der Waals surface area contributed by atoms with Crippen LogP contribution in [0.5, 0.6) is 0 Å². The minimum Gasteiger partial charge on any atom is -0.368 e. The Labute approximate surface area is 147 Å². The molecule has 0 radical (unpaired) electrons. The van der Waals surface area contributed by atoms with Crippen molar-refractivity contribution in [1.29, 1.82) is 0 Å². The van der Waals surface area contributed by atoms with Gasteiger partial charge in [0.1, 0.15) is 0 Å². The highest BCUT2D eigenvalue weighted by atomic mass is 16.1. The van der Waals surface area contributed by atoms with Crippen LogP contribution in [0.3, 0.4) is 0 Å². The molecule has 0 aliphatic carbocycles. The third-order valence-corrected chi connectivity index (χ3v) is 4.79. The van der Waals surface area contributed by atoms with E-state index in [2.05, 4.69) is 28.4 Å². The Morgan fingerprint density at radius 1 is 0.960 bits per heavy atom. The lowest BCUT2D eigenvalue weighted by molar-refractivity contribution is 0.100. The van der Waals surface area contributed by atoms with E-state index < -0.39 is 0 Å². The van der Waals surface area contributed by atoms with Gasteiger partial charge >= 0.3 is 0 Å². The van der Waals surface area contributed by atoms with E-state index in [4.69, 9.17) is 5.73 Å². The zero-order chi connectivity index (χ0) is 17.2. The van der Waals surface area contributed by atoms with Gasteiger partial charge in [-0.05, 0) is 22.4 Å². The smallest absolute Gasteiger partial charge is 0.251 e. The van der Waals surface area contributed by atoms with Gasteiger partial charge in [-0.25, -0.2) is 0 Å². The van der Waals surface area contributed by atoms with Crippen LogP contribution >= 0.6 is 0 Å². The maximum atomic E-state index is 12.4. The Hall–Kier alpha value is -2.85. The van der Waals surface area contributed by atoms with Crippen molar-refractivity contribution in [3.8, 4) is 11.1 Å². The molecule has 4 nitrogen and oxygen atoms in total. The SMILES string of the molecule is NC(=O)c1c(N2CCNCC2)c(-c2ccccc2)cc2ccccc12. The predicted molar refractivity (Wildman–Crippen MR) is 103 cm³/mol. The first kappa shape index (κ1) is 15.7. The molecule has 0 bridgehead atoms. The molecule has 3 aromatic rings. The molecule has 1 aliphatic rings. The Morgan fingerprint density at radius 2 is 1.64 bits per heavy atom. The standard InChI is InChI=1S/C21H21N3O/c22-21(25)19-17-9-5-4-8-16(17)14-18(15-6-2-1-3-7-15)20(19)24-12-10-23-11-13-24/h1-9,14,23H,10-13H2,(H2,22,25). The monoisotopic (exact) mass is 331 g/mol. The van der Waals surface area contributed by atoms with Crippen LogP contribution in [0.4, 0.5) is 5.69 Å². The molecule has 126 valence electrons. The second-order valence-electron chi connectivity index (χ2n) is 6.34. The van der Waals surface area contributed by atoms with Crippen molar-refractivity contribution >= 4 is 22.4 Å². The van der Waals surface area contributed by atoms with Gasteiger partial charge in [0.2, 0.25) is 0 Å². The van der Waals surface area contributed by atoms with E-state index in [0.717, 1.165) is 53.8 Å². The number of carbonyl (C=O) groups is 1. The average Bonchev–Trinajstić information content (AvgIpc) is 2.67. The van der Waals surface area contributed by atoms with Gasteiger partial charge in [0.05, 0.1) is 11.3 Å². The maximum absolute atomic E-state index is 12.4. The van der Waals surface area contributed by atoms with E-state index in [1.165, 1.54) is 0 Å². The van der Waals surface area contributed by atoms with Gasteiger partial charge in [-0.15, -0.1) is 0 Å². The van der Waals surface area contributed by atoms with Crippen molar-refractivity contribution in [2.45, 2.75) is 0 Å². The van der Waals surface area contributed by atoms with Gasteiger partial charge < -0.3 is 16.0 Å². The van der Waals surface area contributed by atoms with Crippen molar-refractivity contribution in [3.63, 3.8) is 0 Å². The second-order valence-corrected chi connectivity index (χ2v) is 6.34. The highest BCUT2D eigenvalue weighted by Gasteiger charge is 2.24. The number of anilines is 1. The first-order valence-corrected chi connectivity index (χ1v) is 8.62. The highest BCUT2D eigenvalue weighted by molar-refractivity contribution is 6.14. The summed E-state index contributed by atoms with van der Waals surface area (Å²) in [5.74, 6) is -0.373. The third-order valence-electron chi connectivity index (χ3n) is 4.79. The highest BCUT2D eigenvalue weighted by Crippen LogP contribution is 2.39. The lowest BCUT2D eigenvalue weighted by Crippen LogP contribution is -2.44. The maximum Gasteiger partial charge on any atom is 0.251 e. The fourth-order valence-corrected chi connectivity index (χ4v) is 3.64. The first-order chi connectivity index (χ1) is 12.3. The summed E-state index contributed by atoms with van der Waals surface area (Å²) >= 11 is 0. The normalized spacial score (nSPS) is 14.6. The van der Waals surface area contributed by atoms with E-state index in [0.29, 0.717) is 5.56 Å². The number of carbonyl (C=O) groups excluding carboxylic acids is 1. The molecule has 25 heavy (non-hydrogen) atoms. The van der Waals surface area contributed by atoms with Crippen molar-refractivity contribution in [2.75, 3.05) is 31.1 Å². The molecular formula is C21H21N3O. The lowest BCUT2D eigenvalue weighted by atomic mass is 9.92. The van der Waals surface area contributed by atoms with Gasteiger partial charge in [0.25, 0.3) is 5.91 Å². The number of fused-ring (bicyclic) bond motifs is 1. The van der Waals surface area contributed by atoms with E-state index in [-0.39, 0.29) is 5.91 Å². The van der Waals surface area contributed by atoms with E-state index in [1.54, 1.807) is 0 Å². The molecule has 0 spiro atoms. The summed E-state index contributed by atoms with van der Waals surface area (Å²) in [5.41, 5.74) is 9.60. The van der Waals surface area contributed by atoms with Gasteiger partial charge in [-0.3, -0.25) is 4.79 Å². The number of hydrogen-bond acceptors (Lipinski definition) is 3. The minimum atomic E-state index is -0.373. The molecule has 3 N–H and O–H groups in total. The molecule has 1 fully saturated rings. The number of nitrogens with zero attached hydrogens (tertiary/aromatic N) is 1. The van der Waals surface area contributed by atoms with Crippen LogP contribution in [0, 0.1) is 0 Å². The molecule has 0 aromatic heterocycles. The molecule has 4 heteroatoms. The van der Waals surface area contributed by atoms with Crippen LogP contribution < -0.4 is 16.0 Å². The average molecular weight is 331 g/mol. The molecular weight excluding hydrogens is 310 g/mol. The number of rotatable bonds is 3. The van der Waals surface area contributed by atoms with Crippen molar-refractivity contribution in [3.05, 3.63) is 66.2 Å². The summed E-state index contributed by atoms with van der Waals surface area (Å²) in [7, 11) is 0. The predicted octanol–water partition coefficient (Wildman–Crippen LogP) is 3.02. The Kier molecular flexibility index (Phi) is 4.12. The van der Waals surface area contributed by atoms with Gasteiger partial charge in [-0.2, -0.15) is 0 Å². The van der Waals surface area contributed by atoms with Crippen molar-refractivity contribution in [2.24, 2.45) is 5.73 Å². The molecule has 3 aromatic carbocycles. The summed E-state index contributed by atoms with van der Waals surface area (Å²) in [6.07, 6.45) is 0. The second kappa shape index (κ2) is 6.57. The van der Waals surface area contributed by atoms with Gasteiger partial charge in [-0.1, -0.05) is 54.6 Å². The largest absolute Gasteiger partial charge is 0.368 e. The molecule has 1 saturated heterocycles. The number of primary amides is 1. The molecule has 1 aliphatic heterocycles. The Balaban J connectivity index is 2.06. The minimum absolute atomic E-state index is 0.373. The zero-order valence-corrected chi connectivity index (χ0v) is 14.0. The van der Waals surface area contributed by atoms with Crippen LogP contribution in [0.25, 0.3) is 21.9 Å². The lowest BCUT2D eigenvalue weighted by Gasteiger charge is -2.33. The van der Waals surface area contributed by atoms with Gasteiger partial charge in [0.15, 0.2) is 0 Å². The van der Waals surface area contributed by atoms with E-state index in [9.17, 15) is 4.79 Å². The number of nitrogens with two attached hydrogens (primary N) is 1. The van der Waals surface area contributed by atoms with Gasteiger partial charge in [0, 0.05) is 31.7 Å². The fraction of sp³-hybridized carbons (Fsp3) is 0.190. The topological polar surface area (TPSA) is 58.4 Å². The van der Waals surface area contributed by atoms with Crippen LogP contribution in [-0.4, -0.2) is 32.1 Å². The first-order valence-electron chi connectivity index (χ1n) is 8.62. The van der Waals surface area contributed by atoms with E-state index in [1.807, 2.05) is 42.5 Å². The summed E-state index contributed by atoms with van der Waals surface area (Å²) in [4.78, 5) is 14.7. The number of benzene rings is 3. The molecule has 1 amide bonds. The fourth-order valence-electron chi connectivity index (χ4n) is 3.64. The molecule has 0 unspecified atom stereocenters. The number of nitrogens with one attached hydrogen (secondary N) is 1. The summed E-state index contributed by atoms with van der Waals surface area (Å²) < 4.78 is 0. The summed E-state index contributed by atoms with van der Waals surface area (Å²) in [5, 5.41) is 5.33. The molecule has 1 heterocycles. The number of hydrogen-bond donors (Lipinski definition) is 2. The van der Waals surface area contributed by atoms with Crippen LogP contribution in [0.15, 0.2) is 60.7 Å². The zero-order valence-electron chi connectivity index (χ0n) is 14.0. The summed E-state index contributed by atoms with van der Waals surface area (Å²) in [6, 6.07) is 20.4. The quantitative estimate of drug-likeness (QED) is 0.776. The van der Waals surface area contributed by atoms with E-state index >= 15 is 0 Å². The molecule has 0 saturated carbocycles. The molecule has 0 atom stereocenters. The van der Waals surface area contributed by atoms with Crippen LogP contribution in [0.2, 0.25) is 0 Å².